The predicted octanol–water partition coefficient (Wildman–Crippen LogP) is 2.67. The summed E-state index contributed by atoms with van der Waals surface area (Å²) in [4.78, 5) is 16.5. The van der Waals surface area contributed by atoms with E-state index in [2.05, 4.69) is 27.7 Å². The number of carbonyl (C=O) groups is 1. The van der Waals surface area contributed by atoms with Gasteiger partial charge in [-0.05, 0) is 37.5 Å². The summed E-state index contributed by atoms with van der Waals surface area (Å²) in [6, 6.07) is 7.54. The van der Waals surface area contributed by atoms with Crippen molar-refractivity contribution in [3.8, 4) is 11.5 Å². The first-order valence-electron chi connectivity index (χ1n) is 8.64. The van der Waals surface area contributed by atoms with E-state index >= 15 is 0 Å². The largest absolute Gasteiger partial charge is 0.379 e. The van der Waals surface area contributed by atoms with E-state index in [-0.39, 0.29) is 11.6 Å². The van der Waals surface area contributed by atoms with Crippen LogP contribution in [0.1, 0.15) is 38.1 Å². The number of aryl methyl sites for hydroxylation is 1. The Hall–Kier alpha value is -2.41. The number of carbonyl (C=O) groups excluding carboxylic acids is 1. The van der Waals surface area contributed by atoms with E-state index in [1.807, 2.05) is 31.2 Å². The summed E-state index contributed by atoms with van der Waals surface area (Å²) in [5, 5.41) is 9.83. The molecule has 3 rings (SSSR count). The van der Waals surface area contributed by atoms with E-state index < -0.39 is 0 Å². The average molecular weight is 344 g/mol. The molecule has 2 aromatic rings. The maximum absolute atomic E-state index is 12.1. The Balaban J connectivity index is 1.58. The topological polar surface area (TPSA) is 89.3 Å². The van der Waals surface area contributed by atoms with Gasteiger partial charge in [-0.2, -0.15) is 4.98 Å². The van der Waals surface area contributed by atoms with Gasteiger partial charge in [-0.15, -0.1) is 0 Å². The van der Waals surface area contributed by atoms with Gasteiger partial charge in [-0.1, -0.05) is 24.2 Å². The molecule has 1 saturated heterocycles. The second-order valence-electron chi connectivity index (χ2n) is 6.64. The SMILES string of the molecule is CCCc1noc(-c2cccc(CNC(=O)N[C@]3(C)CCOC3)c2)n1. The molecular formula is C18H24N4O3. The third-order valence-electron chi connectivity index (χ3n) is 4.20. The van der Waals surface area contributed by atoms with E-state index in [4.69, 9.17) is 9.26 Å². The van der Waals surface area contributed by atoms with Crippen molar-refractivity contribution in [2.24, 2.45) is 0 Å². The van der Waals surface area contributed by atoms with Crippen LogP contribution in [0.25, 0.3) is 11.5 Å². The van der Waals surface area contributed by atoms with Crippen LogP contribution in [0.4, 0.5) is 4.79 Å². The Morgan fingerprint density at radius 1 is 1.40 bits per heavy atom. The molecule has 0 saturated carbocycles. The van der Waals surface area contributed by atoms with Gasteiger partial charge in [0.25, 0.3) is 5.89 Å². The Morgan fingerprint density at radius 3 is 3.04 bits per heavy atom. The minimum Gasteiger partial charge on any atom is -0.379 e. The van der Waals surface area contributed by atoms with Crippen molar-refractivity contribution in [1.29, 1.82) is 0 Å². The molecule has 7 heteroatoms. The third-order valence-corrected chi connectivity index (χ3v) is 4.20. The second-order valence-corrected chi connectivity index (χ2v) is 6.64. The molecule has 25 heavy (non-hydrogen) atoms. The number of nitrogens with one attached hydrogen (secondary N) is 2. The van der Waals surface area contributed by atoms with Crippen molar-refractivity contribution >= 4 is 6.03 Å². The number of aromatic nitrogens is 2. The standard InChI is InChI=1S/C18H24N4O3/c1-3-5-15-20-16(25-22-15)14-7-4-6-13(10-14)11-19-17(23)21-18(2)8-9-24-12-18/h4,6-7,10H,3,5,8-9,11-12H2,1-2H3,(H2,19,21,23)/t18-/m1/s1. The van der Waals surface area contributed by atoms with Crippen LogP contribution in [-0.2, 0) is 17.7 Å². The van der Waals surface area contributed by atoms with E-state index in [1.54, 1.807) is 0 Å². The molecule has 2 N–H and O–H groups in total. The number of urea groups is 1. The van der Waals surface area contributed by atoms with Crippen LogP contribution in [0.5, 0.6) is 0 Å². The molecule has 1 atom stereocenters. The summed E-state index contributed by atoms with van der Waals surface area (Å²) >= 11 is 0. The lowest BCUT2D eigenvalue weighted by atomic mass is 10.0. The van der Waals surface area contributed by atoms with E-state index in [0.29, 0.717) is 31.5 Å². The summed E-state index contributed by atoms with van der Waals surface area (Å²) < 4.78 is 10.7. The van der Waals surface area contributed by atoms with Crippen LogP contribution >= 0.6 is 0 Å². The normalized spacial score (nSPS) is 19.8. The lowest BCUT2D eigenvalue weighted by molar-refractivity contribution is 0.170. The van der Waals surface area contributed by atoms with Crippen LogP contribution in [0.2, 0.25) is 0 Å². The van der Waals surface area contributed by atoms with E-state index in [9.17, 15) is 4.79 Å². The van der Waals surface area contributed by atoms with Crippen LogP contribution in [-0.4, -0.2) is 34.9 Å². The number of rotatable bonds is 6. The highest BCUT2D eigenvalue weighted by atomic mass is 16.5. The zero-order chi connectivity index (χ0) is 17.7. The van der Waals surface area contributed by atoms with Crippen LogP contribution in [0, 0.1) is 0 Å². The molecule has 0 radical (unpaired) electrons. The fourth-order valence-electron chi connectivity index (χ4n) is 2.78. The fourth-order valence-corrected chi connectivity index (χ4v) is 2.78. The van der Waals surface area contributed by atoms with Crippen molar-refractivity contribution < 1.29 is 14.1 Å². The number of ether oxygens (including phenoxy) is 1. The molecular weight excluding hydrogens is 320 g/mol. The van der Waals surface area contributed by atoms with Gasteiger partial charge < -0.3 is 19.9 Å². The van der Waals surface area contributed by atoms with Crippen LogP contribution < -0.4 is 10.6 Å². The average Bonchev–Trinajstić information content (AvgIpc) is 3.23. The van der Waals surface area contributed by atoms with Crippen molar-refractivity contribution in [2.45, 2.75) is 45.2 Å². The van der Waals surface area contributed by atoms with Gasteiger partial charge in [-0.3, -0.25) is 0 Å². The summed E-state index contributed by atoms with van der Waals surface area (Å²) in [6.07, 6.45) is 2.60. The Bertz CT molecular complexity index is 723. The Morgan fingerprint density at radius 2 is 2.28 bits per heavy atom. The van der Waals surface area contributed by atoms with Gasteiger partial charge in [0.05, 0.1) is 12.1 Å². The minimum absolute atomic E-state index is 0.193. The smallest absolute Gasteiger partial charge is 0.315 e. The summed E-state index contributed by atoms with van der Waals surface area (Å²) in [5.41, 5.74) is 1.53. The molecule has 2 amide bonds. The number of amides is 2. The molecule has 0 aliphatic carbocycles. The lowest BCUT2D eigenvalue weighted by Crippen LogP contribution is -2.50. The Kier molecular flexibility index (Phi) is 5.33. The lowest BCUT2D eigenvalue weighted by Gasteiger charge is -2.23. The molecule has 1 aromatic heterocycles. The minimum atomic E-state index is -0.286. The van der Waals surface area contributed by atoms with Gasteiger partial charge in [0.15, 0.2) is 5.82 Å². The second kappa shape index (κ2) is 7.65. The quantitative estimate of drug-likeness (QED) is 0.841. The van der Waals surface area contributed by atoms with Crippen molar-refractivity contribution in [2.75, 3.05) is 13.2 Å². The maximum atomic E-state index is 12.1. The molecule has 0 bridgehead atoms. The van der Waals surface area contributed by atoms with E-state index in [0.717, 1.165) is 30.4 Å². The first-order chi connectivity index (χ1) is 12.1. The van der Waals surface area contributed by atoms with Gasteiger partial charge in [0.2, 0.25) is 0 Å². The molecule has 134 valence electrons. The number of benzene rings is 1. The number of hydrogen-bond donors (Lipinski definition) is 2. The first-order valence-corrected chi connectivity index (χ1v) is 8.64. The zero-order valence-corrected chi connectivity index (χ0v) is 14.7. The van der Waals surface area contributed by atoms with Gasteiger partial charge in [0, 0.05) is 25.1 Å². The molecule has 1 aliphatic rings. The molecule has 0 unspecified atom stereocenters. The highest BCUT2D eigenvalue weighted by Crippen LogP contribution is 2.19. The summed E-state index contributed by atoms with van der Waals surface area (Å²) in [6.45, 7) is 5.72. The molecule has 1 aromatic carbocycles. The van der Waals surface area contributed by atoms with Crippen LogP contribution in [0.15, 0.2) is 28.8 Å². The number of hydrogen-bond acceptors (Lipinski definition) is 5. The monoisotopic (exact) mass is 344 g/mol. The molecule has 7 nitrogen and oxygen atoms in total. The first kappa shape index (κ1) is 17.4. The molecule has 1 aliphatic heterocycles. The number of nitrogens with zero attached hydrogens (tertiary/aromatic N) is 2. The highest BCUT2D eigenvalue weighted by Gasteiger charge is 2.31. The van der Waals surface area contributed by atoms with Crippen molar-refractivity contribution in [1.82, 2.24) is 20.8 Å². The fraction of sp³-hybridized carbons (Fsp3) is 0.500. The van der Waals surface area contributed by atoms with Crippen LogP contribution in [0.3, 0.4) is 0 Å². The molecule has 2 heterocycles. The van der Waals surface area contributed by atoms with Gasteiger partial charge in [0.1, 0.15) is 0 Å². The zero-order valence-electron chi connectivity index (χ0n) is 14.7. The summed E-state index contributed by atoms with van der Waals surface area (Å²) in [7, 11) is 0. The Labute approximate surface area is 147 Å². The molecule has 0 spiro atoms. The maximum Gasteiger partial charge on any atom is 0.315 e. The predicted molar refractivity (Wildman–Crippen MR) is 92.9 cm³/mol. The van der Waals surface area contributed by atoms with Crippen molar-refractivity contribution in [3.63, 3.8) is 0 Å². The summed E-state index contributed by atoms with van der Waals surface area (Å²) in [5.74, 6) is 1.22. The van der Waals surface area contributed by atoms with Crippen molar-refractivity contribution in [3.05, 3.63) is 35.7 Å². The van der Waals surface area contributed by atoms with Gasteiger partial charge in [-0.25, -0.2) is 4.79 Å². The third kappa shape index (κ3) is 4.57. The highest BCUT2D eigenvalue weighted by molar-refractivity contribution is 5.74. The van der Waals surface area contributed by atoms with Gasteiger partial charge >= 0.3 is 6.03 Å². The van der Waals surface area contributed by atoms with E-state index in [1.165, 1.54) is 0 Å². The molecule has 1 fully saturated rings.